The Morgan fingerprint density at radius 2 is 1.45 bits per heavy atom. The van der Waals surface area contributed by atoms with Crippen molar-refractivity contribution in [3.05, 3.63) is 103 Å². The lowest BCUT2D eigenvalue weighted by Gasteiger charge is -2.37. The molecule has 3 heterocycles. The van der Waals surface area contributed by atoms with Gasteiger partial charge in [0.05, 0.1) is 16.6 Å². The summed E-state index contributed by atoms with van der Waals surface area (Å²) >= 11 is 0. The molecular formula is C29H23F4N5. The molecule has 0 atom stereocenters. The van der Waals surface area contributed by atoms with E-state index in [0.29, 0.717) is 49.0 Å². The van der Waals surface area contributed by atoms with E-state index in [-0.39, 0.29) is 5.82 Å². The van der Waals surface area contributed by atoms with Gasteiger partial charge >= 0.3 is 6.18 Å². The lowest BCUT2D eigenvalue weighted by molar-refractivity contribution is -0.137. The number of nitrogens with zero attached hydrogens (tertiary/aromatic N) is 5. The average Bonchev–Trinajstić information content (AvgIpc) is 3.34. The van der Waals surface area contributed by atoms with Gasteiger partial charge in [0.1, 0.15) is 18.0 Å². The fraction of sp³-hybridized carbons (Fsp3) is 0.172. The Kier molecular flexibility index (Phi) is 5.98. The molecule has 0 bridgehead atoms. The summed E-state index contributed by atoms with van der Waals surface area (Å²) in [5.41, 5.74) is 2.46. The van der Waals surface area contributed by atoms with Crippen LogP contribution in [0.15, 0.2) is 91.4 Å². The highest BCUT2D eigenvalue weighted by Crippen LogP contribution is 2.38. The largest absolute Gasteiger partial charge is 0.416 e. The van der Waals surface area contributed by atoms with Crippen molar-refractivity contribution in [3.8, 4) is 16.8 Å². The van der Waals surface area contributed by atoms with Gasteiger partial charge in [0.25, 0.3) is 0 Å². The second-order valence-corrected chi connectivity index (χ2v) is 9.15. The van der Waals surface area contributed by atoms with Gasteiger partial charge in [-0.3, -0.25) is 0 Å². The molecule has 0 spiro atoms. The number of hydrogen-bond acceptors (Lipinski definition) is 4. The van der Waals surface area contributed by atoms with Crippen molar-refractivity contribution in [1.82, 2.24) is 14.5 Å². The molecule has 1 saturated heterocycles. The minimum Gasteiger partial charge on any atom is -0.366 e. The number of aromatic nitrogens is 3. The summed E-state index contributed by atoms with van der Waals surface area (Å²) in [6.07, 6.45) is -1.19. The molecule has 5 nitrogen and oxygen atoms in total. The molecule has 2 aromatic heterocycles. The number of fused-ring (bicyclic) bond motifs is 1. The van der Waals surface area contributed by atoms with Crippen LogP contribution in [0.5, 0.6) is 0 Å². The van der Waals surface area contributed by atoms with Gasteiger partial charge < -0.3 is 14.4 Å². The van der Waals surface area contributed by atoms with Crippen LogP contribution in [-0.4, -0.2) is 40.7 Å². The fourth-order valence-corrected chi connectivity index (χ4v) is 5.02. The third-order valence-electron chi connectivity index (χ3n) is 6.87. The van der Waals surface area contributed by atoms with Crippen LogP contribution in [0.1, 0.15) is 5.56 Å². The fourth-order valence-electron chi connectivity index (χ4n) is 5.02. The van der Waals surface area contributed by atoms with Gasteiger partial charge in [-0.2, -0.15) is 13.2 Å². The van der Waals surface area contributed by atoms with Gasteiger partial charge in [-0.05, 0) is 35.9 Å². The second-order valence-electron chi connectivity index (χ2n) is 9.15. The van der Waals surface area contributed by atoms with Crippen molar-refractivity contribution in [2.75, 3.05) is 36.0 Å². The molecule has 0 N–H and O–H groups in total. The molecule has 1 fully saturated rings. The molecule has 38 heavy (non-hydrogen) atoms. The van der Waals surface area contributed by atoms with E-state index in [1.807, 2.05) is 47.5 Å². The first kappa shape index (κ1) is 24.0. The van der Waals surface area contributed by atoms with Crippen LogP contribution in [0.3, 0.4) is 0 Å². The zero-order valence-electron chi connectivity index (χ0n) is 20.2. The van der Waals surface area contributed by atoms with Gasteiger partial charge in [0, 0.05) is 43.6 Å². The minimum atomic E-state index is -4.46. The predicted molar refractivity (Wildman–Crippen MR) is 140 cm³/mol. The highest BCUT2D eigenvalue weighted by Gasteiger charge is 2.31. The van der Waals surface area contributed by atoms with E-state index < -0.39 is 11.7 Å². The normalized spacial score (nSPS) is 14.3. The zero-order valence-corrected chi connectivity index (χ0v) is 20.2. The first-order chi connectivity index (χ1) is 18.4. The van der Waals surface area contributed by atoms with Crippen molar-refractivity contribution >= 4 is 22.5 Å². The molecule has 1 aliphatic rings. The Hall–Kier alpha value is -4.40. The standard InChI is InChI=1S/C29H23F4N5/c30-24-11-4-5-12-25(24)36-13-15-37(16-14-36)27-26-23(20-7-2-1-3-8-20)18-38(28(26)35-19-34-27)22-10-6-9-21(17-22)29(31,32)33/h1-12,17-19H,13-16H2. The highest BCUT2D eigenvalue weighted by atomic mass is 19.4. The summed E-state index contributed by atoms with van der Waals surface area (Å²) in [6, 6.07) is 21.6. The van der Waals surface area contributed by atoms with Gasteiger partial charge in [0.15, 0.2) is 5.65 Å². The number of para-hydroxylation sites is 1. The van der Waals surface area contributed by atoms with E-state index in [4.69, 9.17) is 0 Å². The molecule has 0 radical (unpaired) electrons. The first-order valence-corrected chi connectivity index (χ1v) is 12.2. The van der Waals surface area contributed by atoms with E-state index in [2.05, 4.69) is 14.9 Å². The molecule has 0 saturated carbocycles. The van der Waals surface area contributed by atoms with Crippen LogP contribution in [0.4, 0.5) is 29.1 Å². The molecule has 0 amide bonds. The van der Waals surface area contributed by atoms with E-state index >= 15 is 0 Å². The summed E-state index contributed by atoms with van der Waals surface area (Å²) in [4.78, 5) is 13.3. The Morgan fingerprint density at radius 3 is 2.18 bits per heavy atom. The summed E-state index contributed by atoms with van der Waals surface area (Å²) in [6.45, 7) is 2.40. The molecule has 0 aliphatic carbocycles. The van der Waals surface area contributed by atoms with Crippen LogP contribution in [0.2, 0.25) is 0 Å². The van der Waals surface area contributed by atoms with Gasteiger partial charge in [0.2, 0.25) is 0 Å². The maximum Gasteiger partial charge on any atom is 0.416 e. The lowest BCUT2D eigenvalue weighted by Crippen LogP contribution is -2.47. The highest BCUT2D eigenvalue weighted by molar-refractivity contribution is 6.02. The van der Waals surface area contributed by atoms with E-state index in [1.54, 1.807) is 22.8 Å². The zero-order chi connectivity index (χ0) is 26.3. The molecule has 9 heteroatoms. The topological polar surface area (TPSA) is 37.2 Å². The smallest absolute Gasteiger partial charge is 0.366 e. The summed E-state index contributed by atoms with van der Waals surface area (Å²) in [5.74, 6) is 0.447. The number of hydrogen-bond donors (Lipinski definition) is 0. The Bertz CT molecular complexity index is 1590. The summed E-state index contributed by atoms with van der Waals surface area (Å²) < 4.78 is 56.5. The third-order valence-corrected chi connectivity index (χ3v) is 6.87. The molecule has 192 valence electrons. The predicted octanol–water partition coefficient (Wildman–Crippen LogP) is 6.57. The maximum atomic E-state index is 14.4. The quantitative estimate of drug-likeness (QED) is 0.253. The minimum absolute atomic E-state index is 0.255. The average molecular weight is 518 g/mol. The Balaban J connectivity index is 1.44. The van der Waals surface area contributed by atoms with Gasteiger partial charge in [-0.1, -0.05) is 48.5 Å². The molecular weight excluding hydrogens is 494 g/mol. The summed E-state index contributed by atoms with van der Waals surface area (Å²) in [5, 5.41) is 0.760. The van der Waals surface area contributed by atoms with Crippen LogP contribution in [0.25, 0.3) is 27.8 Å². The molecule has 3 aromatic carbocycles. The van der Waals surface area contributed by atoms with Crippen LogP contribution < -0.4 is 9.80 Å². The van der Waals surface area contributed by atoms with Gasteiger partial charge in [-0.15, -0.1) is 0 Å². The number of rotatable bonds is 4. The number of benzene rings is 3. The van der Waals surface area contributed by atoms with E-state index in [1.165, 1.54) is 18.5 Å². The van der Waals surface area contributed by atoms with Crippen molar-refractivity contribution in [2.24, 2.45) is 0 Å². The lowest BCUT2D eigenvalue weighted by atomic mass is 10.1. The van der Waals surface area contributed by atoms with Crippen molar-refractivity contribution in [2.45, 2.75) is 6.18 Å². The van der Waals surface area contributed by atoms with Crippen LogP contribution in [-0.2, 0) is 6.18 Å². The number of halogens is 4. The van der Waals surface area contributed by atoms with E-state index in [0.717, 1.165) is 28.6 Å². The van der Waals surface area contributed by atoms with E-state index in [9.17, 15) is 17.6 Å². The van der Waals surface area contributed by atoms with Crippen LogP contribution >= 0.6 is 0 Å². The number of anilines is 2. The van der Waals surface area contributed by atoms with Crippen molar-refractivity contribution in [1.29, 1.82) is 0 Å². The molecule has 1 aliphatic heterocycles. The van der Waals surface area contributed by atoms with Crippen LogP contribution in [0, 0.1) is 5.82 Å². The molecule has 0 unspecified atom stereocenters. The van der Waals surface area contributed by atoms with Crippen molar-refractivity contribution < 1.29 is 17.6 Å². The Labute approximate surface area is 216 Å². The first-order valence-electron chi connectivity index (χ1n) is 12.2. The molecule has 6 rings (SSSR count). The second kappa shape index (κ2) is 9.48. The Morgan fingerprint density at radius 1 is 0.737 bits per heavy atom. The maximum absolute atomic E-state index is 14.4. The summed E-state index contributed by atoms with van der Waals surface area (Å²) in [7, 11) is 0. The molecule has 5 aromatic rings. The number of alkyl halides is 3. The number of piperazine rings is 1. The SMILES string of the molecule is Fc1ccccc1N1CCN(c2ncnc3c2c(-c2ccccc2)cn3-c2cccc(C(F)(F)F)c2)CC1. The monoisotopic (exact) mass is 517 g/mol. The van der Waals surface area contributed by atoms with Crippen molar-refractivity contribution in [3.63, 3.8) is 0 Å². The third kappa shape index (κ3) is 4.34. The van der Waals surface area contributed by atoms with Gasteiger partial charge in [-0.25, -0.2) is 14.4 Å².